The molecule has 0 radical (unpaired) electrons. The maximum absolute atomic E-state index is 5.91. The highest BCUT2D eigenvalue weighted by molar-refractivity contribution is 6.30. The van der Waals surface area contributed by atoms with E-state index in [1.807, 2.05) is 24.3 Å². The molecule has 0 saturated carbocycles. The van der Waals surface area contributed by atoms with Crippen molar-refractivity contribution >= 4 is 24.0 Å². The molecule has 2 N–H and O–H groups in total. The molecule has 92 valence electrons. The van der Waals surface area contributed by atoms with Crippen molar-refractivity contribution in [3.63, 3.8) is 0 Å². The van der Waals surface area contributed by atoms with E-state index in [-0.39, 0.29) is 12.4 Å². The fourth-order valence-electron chi connectivity index (χ4n) is 1.53. The maximum atomic E-state index is 5.91. The van der Waals surface area contributed by atoms with Crippen LogP contribution in [0.2, 0.25) is 5.02 Å². The average Bonchev–Trinajstić information content (AvgIpc) is 2.77. The van der Waals surface area contributed by atoms with Gasteiger partial charge in [-0.1, -0.05) is 23.7 Å². The molecule has 0 aliphatic carbocycles. The molecule has 0 aliphatic rings. The summed E-state index contributed by atoms with van der Waals surface area (Å²) < 4.78 is 0. The largest absolute Gasteiger partial charge is 0.311 e. The molecule has 0 aliphatic heterocycles. The smallest absolute Gasteiger partial charge is 0.0490 e. The fraction of sp³-hybridized carbons (Fsp3) is 0.250. The molecule has 0 bridgehead atoms. The van der Waals surface area contributed by atoms with E-state index in [4.69, 9.17) is 11.6 Å². The van der Waals surface area contributed by atoms with Crippen molar-refractivity contribution in [3.8, 4) is 0 Å². The molecule has 1 aromatic heterocycles. The van der Waals surface area contributed by atoms with Gasteiger partial charge in [-0.05, 0) is 36.7 Å². The molecule has 1 aromatic carbocycles. The lowest BCUT2D eigenvalue weighted by atomic mass is 10.1. The van der Waals surface area contributed by atoms with Crippen molar-refractivity contribution in [1.29, 1.82) is 0 Å². The van der Waals surface area contributed by atoms with Gasteiger partial charge in [0.25, 0.3) is 0 Å². The van der Waals surface area contributed by atoms with E-state index in [2.05, 4.69) is 21.6 Å². The molecule has 1 heterocycles. The van der Waals surface area contributed by atoms with E-state index in [0.29, 0.717) is 0 Å². The van der Waals surface area contributed by atoms with Crippen LogP contribution in [0.1, 0.15) is 11.3 Å². The highest BCUT2D eigenvalue weighted by Crippen LogP contribution is 2.10. The molecule has 0 unspecified atom stereocenters. The van der Waals surface area contributed by atoms with Crippen molar-refractivity contribution in [2.24, 2.45) is 0 Å². The van der Waals surface area contributed by atoms with Crippen LogP contribution in [0.5, 0.6) is 0 Å². The molecule has 5 heteroatoms. The van der Waals surface area contributed by atoms with E-state index < -0.39 is 0 Å². The van der Waals surface area contributed by atoms with Gasteiger partial charge < -0.3 is 5.32 Å². The molecule has 17 heavy (non-hydrogen) atoms. The van der Waals surface area contributed by atoms with Crippen molar-refractivity contribution in [1.82, 2.24) is 15.5 Å². The van der Waals surface area contributed by atoms with E-state index in [1.54, 1.807) is 6.20 Å². The Labute approximate surface area is 112 Å². The molecule has 0 saturated heterocycles. The summed E-state index contributed by atoms with van der Waals surface area (Å²) in [5.74, 6) is 0. The molecule has 0 fully saturated rings. The van der Waals surface area contributed by atoms with Gasteiger partial charge in [0, 0.05) is 23.5 Å². The molecule has 0 amide bonds. The van der Waals surface area contributed by atoms with Gasteiger partial charge in [0.2, 0.25) is 0 Å². The number of rotatable bonds is 5. The summed E-state index contributed by atoms with van der Waals surface area (Å²) in [7, 11) is 0. The Morgan fingerprint density at radius 3 is 2.88 bits per heavy atom. The van der Waals surface area contributed by atoms with Crippen molar-refractivity contribution in [3.05, 3.63) is 52.8 Å². The number of halogens is 2. The van der Waals surface area contributed by atoms with Crippen LogP contribution in [-0.4, -0.2) is 16.7 Å². The SMILES string of the molecule is Cl.Clc1cccc(CCNCc2ccn[nH]2)c1. The second-order valence-electron chi connectivity index (χ2n) is 3.64. The van der Waals surface area contributed by atoms with Crippen LogP contribution in [0.4, 0.5) is 0 Å². The number of nitrogens with one attached hydrogen (secondary N) is 2. The van der Waals surface area contributed by atoms with Gasteiger partial charge in [-0.25, -0.2) is 0 Å². The highest BCUT2D eigenvalue weighted by Gasteiger charge is 1.95. The number of hydrogen-bond acceptors (Lipinski definition) is 2. The second kappa shape index (κ2) is 7.33. The Hall–Kier alpha value is -1.03. The van der Waals surface area contributed by atoms with Crippen LogP contribution in [0.3, 0.4) is 0 Å². The van der Waals surface area contributed by atoms with Crippen LogP contribution in [0.15, 0.2) is 36.5 Å². The van der Waals surface area contributed by atoms with E-state index >= 15 is 0 Å². The maximum Gasteiger partial charge on any atom is 0.0490 e. The summed E-state index contributed by atoms with van der Waals surface area (Å²) in [4.78, 5) is 0. The number of hydrogen-bond donors (Lipinski definition) is 2. The van der Waals surface area contributed by atoms with Gasteiger partial charge in [0.1, 0.15) is 0 Å². The molecule has 2 rings (SSSR count). The summed E-state index contributed by atoms with van der Waals surface area (Å²) in [5, 5.41) is 10.9. The summed E-state index contributed by atoms with van der Waals surface area (Å²) in [6.07, 6.45) is 2.74. The summed E-state index contributed by atoms with van der Waals surface area (Å²) in [6, 6.07) is 9.92. The first kappa shape index (κ1) is 14.0. The van der Waals surface area contributed by atoms with Crippen LogP contribution < -0.4 is 5.32 Å². The Balaban J connectivity index is 0.00000144. The van der Waals surface area contributed by atoms with Gasteiger partial charge >= 0.3 is 0 Å². The predicted octanol–water partition coefficient (Wildman–Crippen LogP) is 2.82. The van der Waals surface area contributed by atoms with Crippen LogP contribution >= 0.6 is 24.0 Å². The summed E-state index contributed by atoms with van der Waals surface area (Å²) in [5.41, 5.74) is 2.36. The Morgan fingerprint density at radius 2 is 2.18 bits per heavy atom. The first-order valence-corrected chi connectivity index (χ1v) is 5.66. The minimum atomic E-state index is 0. The average molecular weight is 272 g/mol. The van der Waals surface area contributed by atoms with Gasteiger partial charge in [-0.2, -0.15) is 5.10 Å². The normalized spacial score (nSPS) is 9.94. The number of nitrogens with zero attached hydrogens (tertiary/aromatic N) is 1. The number of aromatic nitrogens is 2. The summed E-state index contributed by atoms with van der Waals surface area (Å²) in [6.45, 7) is 1.75. The van der Waals surface area contributed by atoms with Gasteiger partial charge in [-0.15, -0.1) is 12.4 Å². The number of benzene rings is 1. The topological polar surface area (TPSA) is 40.7 Å². The van der Waals surface area contributed by atoms with E-state index in [0.717, 1.165) is 30.2 Å². The standard InChI is InChI=1S/C12H14ClN3.ClH/c13-11-3-1-2-10(8-11)4-6-14-9-12-5-7-15-16-12;/h1-3,5,7-8,14H,4,6,9H2,(H,15,16);1H. The molecular weight excluding hydrogens is 257 g/mol. The Kier molecular flexibility index (Phi) is 6.05. The lowest BCUT2D eigenvalue weighted by Crippen LogP contribution is -2.16. The fourth-order valence-corrected chi connectivity index (χ4v) is 1.74. The minimum Gasteiger partial charge on any atom is -0.311 e. The second-order valence-corrected chi connectivity index (χ2v) is 4.08. The summed E-state index contributed by atoms with van der Waals surface area (Å²) >= 11 is 5.91. The lowest BCUT2D eigenvalue weighted by molar-refractivity contribution is 0.673. The highest BCUT2D eigenvalue weighted by atomic mass is 35.5. The zero-order chi connectivity index (χ0) is 11.2. The van der Waals surface area contributed by atoms with Gasteiger partial charge in [0.15, 0.2) is 0 Å². The van der Waals surface area contributed by atoms with E-state index in [1.165, 1.54) is 5.56 Å². The van der Waals surface area contributed by atoms with Gasteiger partial charge in [-0.3, -0.25) is 5.10 Å². The third kappa shape index (κ3) is 4.77. The van der Waals surface area contributed by atoms with Crippen LogP contribution in [0, 0.1) is 0 Å². The molecule has 3 nitrogen and oxygen atoms in total. The quantitative estimate of drug-likeness (QED) is 0.822. The number of H-pyrrole nitrogens is 1. The molecular formula is C12H15Cl2N3. The van der Waals surface area contributed by atoms with Crippen molar-refractivity contribution < 1.29 is 0 Å². The number of aromatic amines is 1. The third-order valence-electron chi connectivity index (χ3n) is 2.35. The van der Waals surface area contributed by atoms with Gasteiger partial charge in [0.05, 0.1) is 0 Å². The lowest BCUT2D eigenvalue weighted by Gasteiger charge is -2.03. The molecule has 0 spiro atoms. The van der Waals surface area contributed by atoms with Crippen LogP contribution in [0.25, 0.3) is 0 Å². The zero-order valence-corrected chi connectivity index (χ0v) is 10.9. The monoisotopic (exact) mass is 271 g/mol. The Bertz CT molecular complexity index is 429. The molecule has 2 aromatic rings. The van der Waals surface area contributed by atoms with Crippen molar-refractivity contribution in [2.45, 2.75) is 13.0 Å². The third-order valence-corrected chi connectivity index (χ3v) is 2.59. The van der Waals surface area contributed by atoms with E-state index in [9.17, 15) is 0 Å². The predicted molar refractivity (Wildman–Crippen MR) is 72.7 cm³/mol. The molecule has 0 atom stereocenters. The first-order valence-electron chi connectivity index (χ1n) is 5.28. The van der Waals surface area contributed by atoms with Crippen LogP contribution in [-0.2, 0) is 13.0 Å². The Morgan fingerprint density at radius 1 is 1.29 bits per heavy atom. The first-order chi connectivity index (χ1) is 7.84. The van der Waals surface area contributed by atoms with Crippen molar-refractivity contribution in [2.75, 3.05) is 6.54 Å². The zero-order valence-electron chi connectivity index (χ0n) is 9.32. The minimum absolute atomic E-state index is 0.